The third-order valence-electron chi connectivity index (χ3n) is 4.49. The highest BCUT2D eigenvalue weighted by molar-refractivity contribution is 6.00. The van der Waals surface area contributed by atoms with Crippen LogP contribution in [0.4, 0.5) is 4.39 Å². The molecule has 1 amide bonds. The molecule has 0 saturated carbocycles. The van der Waals surface area contributed by atoms with Crippen molar-refractivity contribution >= 4 is 29.0 Å². The summed E-state index contributed by atoms with van der Waals surface area (Å²) < 4.78 is 20.2. The first-order valence-corrected chi connectivity index (χ1v) is 9.00. The van der Waals surface area contributed by atoms with Crippen LogP contribution in [0.2, 0.25) is 0 Å². The molecule has 0 spiro atoms. The maximum absolute atomic E-state index is 13.0. The van der Waals surface area contributed by atoms with Gasteiger partial charge in [-0.1, -0.05) is 18.2 Å². The summed E-state index contributed by atoms with van der Waals surface area (Å²) in [6.45, 7) is 0.337. The van der Waals surface area contributed by atoms with E-state index in [1.807, 2.05) is 35.0 Å². The summed E-state index contributed by atoms with van der Waals surface area (Å²) >= 11 is 0. The number of para-hydroxylation sites is 1. The number of hydrogen-bond acceptors (Lipinski definition) is 4. The molecule has 0 aliphatic carbocycles. The maximum Gasteiger partial charge on any atom is 0.371 e. The molecule has 0 fully saturated rings. The molecule has 2 aromatic heterocycles. The number of hydrazone groups is 1. The van der Waals surface area contributed by atoms with Gasteiger partial charge in [0.25, 0.3) is 5.91 Å². The molecular formula is C22H16FN3O4. The van der Waals surface area contributed by atoms with Crippen molar-refractivity contribution in [3.63, 3.8) is 0 Å². The van der Waals surface area contributed by atoms with E-state index in [0.29, 0.717) is 17.9 Å². The molecule has 2 aromatic carbocycles. The van der Waals surface area contributed by atoms with E-state index < -0.39 is 17.7 Å². The second-order valence-electron chi connectivity index (χ2n) is 6.51. The van der Waals surface area contributed by atoms with Crippen LogP contribution >= 0.6 is 0 Å². The number of amides is 1. The summed E-state index contributed by atoms with van der Waals surface area (Å²) in [4.78, 5) is 23.1. The Kier molecular flexibility index (Phi) is 5.13. The summed E-state index contributed by atoms with van der Waals surface area (Å²) in [6.07, 6.45) is 3.35. The van der Waals surface area contributed by atoms with Crippen molar-refractivity contribution in [1.29, 1.82) is 0 Å². The predicted molar refractivity (Wildman–Crippen MR) is 108 cm³/mol. The molecule has 0 aliphatic heterocycles. The SMILES string of the molecule is O=C(N/N=C\c1cn(Cc2ccc(C(=O)O)o2)c2ccccc12)c1ccc(F)cc1. The highest BCUT2D eigenvalue weighted by Gasteiger charge is 2.12. The minimum Gasteiger partial charge on any atom is -0.475 e. The van der Waals surface area contributed by atoms with Crippen molar-refractivity contribution in [3.8, 4) is 0 Å². The molecular weight excluding hydrogens is 389 g/mol. The van der Waals surface area contributed by atoms with Gasteiger partial charge < -0.3 is 14.1 Å². The van der Waals surface area contributed by atoms with E-state index in [0.717, 1.165) is 16.5 Å². The van der Waals surface area contributed by atoms with Crippen molar-refractivity contribution in [2.24, 2.45) is 5.10 Å². The number of rotatable bonds is 6. The first-order valence-electron chi connectivity index (χ1n) is 9.00. The molecule has 4 rings (SSSR count). The molecule has 150 valence electrons. The van der Waals surface area contributed by atoms with Gasteiger partial charge in [-0.15, -0.1) is 0 Å². The quantitative estimate of drug-likeness (QED) is 0.376. The number of carboxylic acid groups (broad SMARTS) is 1. The minimum absolute atomic E-state index is 0.119. The lowest BCUT2D eigenvalue weighted by molar-refractivity contribution is 0.0660. The Morgan fingerprint density at radius 2 is 1.87 bits per heavy atom. The number of fused-ring (bicyclic) bond motifs is 1. The second kappa shape index (κ2) is 8.04. The lowest BCUT2D eigenvalue weighted by Crippen LogP contribution is -2.17. The largest absolute Gasteiger partial charge is 0.475 e. The fraction of sp³-hybridized carbons (Fsp3) is 0.0455. The van der Waals surface area contributed by atoms with Crippen LogP contribution in [0.1, 0.15) is 32.2 Å². The van der Waals surface area contributed by atoms with E-state index >= 15 is 0 Å². The van der Waals surface area contributed by atoms with Gasteiger partial charge in [-0.2, -0.15) is 5.10 Å². The van der Waals surface area contributed by atoms with Crippen molar-refractivity contribution in [3.05, 3.63) is 95.3 Å². The van der Waals surface area contributed by atoms with Crippen molar-refractivity contribution < 1.29 is 23.5 Å². The Bertz CT molecular complexity index is 1260. The van der Waals surface area contributed by atoms with Crippen molar-refractivity contribution in [2.45, 2.75) is 6.54 Å². The van der Waals surface area contributed by atoms with Gasteiger partial charge in [0, 0.05) is 28.2 Å². The number of hydrogen-bond donors (Lipinski definition) is 2. The number of nitrogens with zero attached hydrogens (tertiary/aromatic N) is 2. The molecule has 0 bridgehead atoms. The number of carbonyl (C=O) groups is 2. The van der Waals surface area contributed by atoms with Gasteiger partial charge in [0.15, 0.2) is 0 Å². The third kappa shape index (κ3) is 3.97. The van der Waals surface area contributed by atoms with Crippen LogP contribution in [0, 0.1) is 5.82 Å². The van der Waals surface area contributed by atoms with Crippen LogP contribution < -0.4 is 5.43 Å². The molecule has 0 radical (unpaired) electrons. The molecule has 8 heteroatoms. The Hall–Kier alpha value is -4.20. The van der Waals surface area contributed by atoms with E-state index in [9.17, 15) is 14.0 Å². The predicted octanol–water partition coefficient (Wildman–Crippen LogP) is 3.88. The number of nitrogens with one attached hydrogen (secondary N) is 1. The molecule has 7 nitrogen and oxygen atoms in total. The van der Waals surface area contributed by atoms with E-state index in [-0.39, 0.29) is 5.76 Å². The number of carboxylic acids is 1. The number of furan rings is 1. The van der Waals surface area contributed by atoms with Crippen LogP contribution in [0.5, 0.6) is 0 Å². The van der Waals surface area contributed by atoms with E-state index in [1.165, 1.54) is 36.5 Å². The van der Waals surface area contributed by atoms with E-state index in [1.54, 1.807) is 6.07 Å². The molecule has 0 saturated heterocycles. The summed E-state index contributed by atoms with van der Waals surface area (Å²) in [7, 11) is 0. The van der Waals surface area contributed by atoms with Gasteiger partial charge in [-0.25, -0.2) is 14.6 Å². The molecule has 4 aromatic rings. The minimum atomic E-state index is -1.12. The van der Waals surface area contributed by atoms with Crippen LogP contribution in [-0.2, 0) is 6.54 Å². The lowest BCUT2D eigenvalue weighted by Gasteiger charge is -2.02. The maximum atomic E-state index is 13.0. The first kappa shape index (κ1) is 19.1. The standard InChI is InChI=1S/C22H16FN3O4/c23-16-7-5-14(6-8-16)21(27)25-24-11-15-12-26(19-4-2-1-3-18(15)19)13-17-9-10-20(30-17)22(28)29/h1-12H,13H2,(H,25,27)(H,28,29)/b24-11-. The van der Waals surface area contributed by atoms with E-state index in [2.05, 4.69) is 10.5 Å². The van der Waals surface area contributed by atoms with Crippen LogP contribution in [0.3, 0.4) is 0 Å². The topological polar surface area (TPSA) is 96.8 Å². The smallest absolute Gasteiger partial charge is 0.371 e. The molecule has 2 N–H and O–H groups in total. The monoisotopic (exact) mass is 405 g/mol. The summed E-state index contributed by atoms with van der Waals surface area (Å²) in [6, 6.07) is 15.8. The molecule has 0 atom stereocenters. The molecule has 0 aliphatic rings. The number of halogens is 1. The highest BCUT2D eigenvalue weighted by Crippen LogP contribution is 2.22. The Morgan fingerprint density at radius 3 is 2.60 bits per heavy atom. The van der Waals surface area contributed by atoms with Gasteiger partial charge in [0.2, 0.25) is 5.76 Å². The van der Waals surface area contributed by atoms with Crippen LogP contribution in [0.15, 0.2) is 76.4 Å². The first-order chi connectivity index (χ1) is 14.5. The van der Waals surface area contributed by atoms with Gasteiger partial charge >= 0.3 is 5.97 Å². The normalized spacial score (nSPS) is 11.2. The highest BCUT2D eigenvalue weighted by atomic mass is 19.1. The van der Waals surface area contributed by atoms with Gasteiger partial charge in [0.05, 0.1) is 12.8 Å². The van der Waals surface area contributed by atoms with Gasteiger partial charge in [-0.05, 0) is 42.5 Å². The summed E-state index contributed by atoms with van der Waals surface area (Å²) in [5.41, 5.74) is 4.38. The van der Waals surface area contributed by atoms with Crippen LogP contribution in [0.25, 0.3) is 10.9 Å². The van der Waals surface area contributed by atoms with Gasteiger partial charge in [0.1, 0.15) is 11.6 Å². The summed E-state index contributed by atoms with van der Waals surface area (Å²) in [5, 5.41) is 13.9. The van der Waals surface area contributed by atoms with Crippen molar-refractivity contribution in [1.82, 2.24) is 9.99 Å². The Balaban J connectivity index is 1.55. The number of benzene rings is 2. The number of carbonyl (C=O) groups excluding carboxylic acids is 1. The molecule has 0 unspecified atom stereocenters. The zero-order valence-electron chi connectivity index (χ0n) is 15.6. The number of aromatic nitrogens is 1. The fourth-order valence-corrected chi connectivity index (χ4v) is 3.08. The summed E-state index contributed by atoms with van der Waals surface area (Å²) in [5.74, 6) is -1.61. The lowest BCUT2D eigenvalue weighted by atomic mass is 10.2. The second-order valence-corrected chi connectivity index (χ2v) is 6.51. The molecule has 2 heterocycles. The van der Waals surface area contributed by atoms with E-state index in [4.69, 9.17) is 9.52 Å². The van der Waals surface area contributed by atoms with Crippen molar-refractivity contribution in [2.75, 3.05) is 0 Å². The average molecular weight is 405 g/mol. The zero-order chi connectivity index (χ0) is 21.1. The fourth-order valence-electron chi connectivity index (χ4n) is 3.08. The van der Waals surface area contributed by atoms with Crippen LogP contribution in [-0.4, -0.2) is 27.8 Å². The Labute approximate surface area is 170 Å². The van der Waals surface area contributed by atoms with Gasteiger partial charge in [-0.3, -0.25) is 4.79 Å². The average Bonchev–Trinajstić information content (AvgIpc) is 3.34. The zero-order valence-corrected chi connectivity index (χ0v) is 15.6. The molecule has 30 heavy (non-hydrogen) atoms. The Morgan fingerprint density at radius 1 is 1.10 bits per heavy atom. The third-order valence-corrected chi connectivity index (χ3v) is 4.49. The number of aromatic carboxylic acids is 1.